The molecule has 90 valence electrons. The number of rotatable bonds is 1. The molecule has 5 rings (SSSR count). The maximum Gasteiger partial charge on any atom is 0.116 e. The van der Waals surface area contributed by atoms with Crippen molar-refractivity contribution in [3.8, 4) is 11.3 Å². The minimum Gasteiger partial charge on any atom is -0.256 e. The highest BCUT2D eigenvalue weighted by atomic mass is 14.9. The Kier molecular flexibility index (Phi) is 1.45. The van der Waals surface area contributed by atoms with Crippen LogP contribution in [0.15, 0.2) is 42.6 Å². The SMILES string of the molecule is BC12CC13CC3(B)c1c2ccnc1-c1ccccc1. The molecular formula is C16H15B2N. The van der Waals surface area contributed by atoms with Gasteiger partial charge in [0.25, 0.3) is 0 Å². The molecule has 0 N–H and O–H groups in total. The quantitative estimate of drug-likeness (QED) is 0.686. The van der Waals surface area contributed by atoms with Gasteiger partial charge in [-0.15, -0.1) is 0 Å². The fourth-order valence-electron chi connectivity index (χ4n) is 5.16. The summed E-state index contributed by atoms with van der Waals surface area (Å²) in [6, 6.07) is 12.9. The average Bonchev–Trinajstić information content (AvgIpc) is 3.24. The summed E-state index contributed by atoms with van der Waals surface area (Å²) in [6.45, 7) is 0. The highest BCUT2D eigenvalue weighted by Crippen LogP contribution is 2.90. The van der Waals surface area contributed by atoms with E-state index in [1.165, 1.54) is 24.1 Å². The molecule has 0 aliphatic heterocycles. The van der Waals surface area contributed by atoms with Crippen molar-refractivity contribution >= 4 is 15.7 Å². The van der Waals surface area contributed by atoms with Gasteiger partial charge in [-0.3, -0.25) is 4.98 Å². The second-order valence-corrected chi connectivity index (χ2v) is 7.05. The fourth-order valence-corrected chi connectivity index (χ4v) is 5.16. The van der Waals surface area contributed by atoms with E-state index in [1.807, 2.05) is 6.20 Å². The van der Waals surface area contributed by atoms with Crippen LogP contribution in [0.2, 0.25) is 0 Å². The van der Waals surface area contributed by atoms with E-state index in [9.17, 15) is 0 Å². The molecule has 19 heavy (non-hydrogen) atoms. The summed E-state index contributed by atoms with van der Waals surface area (Å²) < 4.78 is 0. The van der Waals surface area contributed by atoms with E-state index >= 15 is 0 Å². The van der Waals surface area contributed by atoms with Crippen LogP contribution in [0.5, 0.6) is 0 Å². The Morgan fingerprint density at radius 2 is 1.68 bits per heavy atom. The topological polar surface area (TPSA) is 12.9 Å². The van der Waals surface area contributed by atoms with Crippen molar-refractivity contribution in [2.45, 2.75) is 23.5 Å². The van der Waals surface area contributed by atoms with E-state index in [0.29, 0.717) is 16.0 Å². The molecule has 3 aliphatic rings. The predicted octanol–water partition coefficient (Wildman–Crippen LogP) is 1.21. The van der Waals surface area contributed by atoms with Gasteiger partial charge in [0, 0.05) is 11.8 Å². The Morgan fingerprint density at radius 1 is 0.947 bits per heavy atom. The third-order valence-corrected chi connectivity index (χ3v) is 6.32. The molecule has 0 saturated heterocycles. The first kappa shape index (κ1) is 10.3. The largest absolute Gasteiger partial charge is 0.256 e. The van der Waals surface area contributed by atoms with Crippen LogP contribution in [0.4, 0.5) is 0 Å². The zero-order valence-electron chi connectivity index (χ0n) is 11.4. The highest BCUT2D eigenvalue weighted by molar-refractivity contribution is 6.29. The lowest BCUT2D eigenvalue weighted by molar-refractivity contribution is 0.778. The second kappa shape index (κ2) is 2.67. The number of pyridine rings is 1. The molecule has 2 fully saturated rings. The highest BCUT2D eigenvalue weighted by Gasteiger charge is 2.88. The molecule has 1 aromatic carbocycles. The van der Waals surface area contributed by atoms with Crippen molar-refractivity contribution in [2.24, 2.45) is 5.41 Å². The van der Waals surface area contributed by atoms with Crippen molar-refractivity contribution in [1.29, 1.82) is 0 Å². The van der Waals surface area contributed by atoms with Crippen molar-refractivity contribution < 1.29 is 0 Å². The van der Waals surface area contributed by atoms with Crippen LogP contribution in [-0.2, 0) is 10.6 Å². The van der Waals surface area contributed by atoms with Crippen LogP contribution in [0, 0.1) is 5.41 Å². The summed E-state index contributed by atoms with van der Waals surface area (Å²) in [7, 11) is 4.91. The van der Waals surface area contributed by atoms with Crippen molar-refractivity contribution in [3.63, 3.8) is 0 Å². The first-order valence-electron chi connectivity index (χ1n) is 7.18. The number of hydrogen-bond acceptors (Lipinski definition) is 1. The number of aromatic nitrogens is 1. The van der Waals surface area contributed by atoms with Gasteiger partial charge in [0.05, 0.1) is 5.69 Å². The van der Waals surface area contributed by atoms with Crippen molar-refractivity contribution in [3.05, 3.63) is 53.7 Å². The third-order valence-electron chi connectivity index (χ3n) is 6.32. The number of benzene rings is 1. The molecule has 1 heterocycles. The molecule has 1 nitrogen and oxygen atoms in total. The van der Waals surface area contributed by atoms with Crippen LogP contribution in [0.1, 0.15) is 24.0 Å². The Bertz CT molecular complexity index is 729. The summed E-state index contributed by atoms with van der Waals surface area (Å²) in [6.07, 6.45) is 4.77. The Labute approximate surface area is 115 Å². The standard InChI is InChI=1S/C16H15B2N/c17-15-8-14(15)9-16(14,18)12-11(15)6-7-19-13(12)10-4-2-1-3-5-10/h1-7H,8-9,17-18H2. The normalized spacial score (nSPS) is 40.2. The zero-order chi connectivity index (χ0) is 12.9. The van der Waals surface area contributed by atoms with E-state index in [-0.39, 0.29) is 0 Å². The van der Waals surface area contributed by atoms with Gasteiger partial charge >= 0.3 is 0 Å². The monoisotopic (exact) mass is 243 g/mol. The molecule has 2 saturated carbocycles. The lowest BCUT2D eigenvalue weighted by Gasteiger charge is -2.18. The second-order valence-electron chi connectivity index (χ2n) is 7.05. The lowest BCUT2D eigenvalue weighted by atomic mass is 9.72. The van der Waals surface area contributed by atoms with Crippen LogP contribution in [-0.4, -0.2) is 20.7 Å². The van der Waals surface area contributed by atoms with E-state index < -0.39 is 0 Å². The van der Waals surface area contributed by atoms with Gasteiger partial charge in [-0.2, -0.15) is 0 Å². The average molecular weight is 243 g/mol. The molecule has 0 amide bonds. The van der Waals surface area contributed by atoms with Crippen LogP contribution >= 0.6 is 0 Å². The molecule has 3 unspecified atom stereocenters. The molecule has 3 atom stereocenters. The Morgan fingerprint density at radius 3 is 2.47 bits per heavy atom. The van der Waals surface area contributed by atoms with Gasteiger partial charge in [-0.1, -0.05) is 30.3 Å². The summed E-state index contributed by atoms with van der Waals surface area (Å²) >= 11 is 0. The summed E-state index contributed by atoms with van der Waals surface area (Å²) in [5.74, 6) is 0. The van der Waals surface area contributed by atoms with Crippen LogP contribution in [0.25, 0.3) is 11.3 Å². The van der Waals surface area contributed by atoms with E-state index in [4.69, 9.17) is 4.98 Å². The third kappa shape index (κ3) is 0.888. The van der Waals surface area contributed by atoms with Gasteiger partial charge in [-0.05, 0) is 46.1 Å². The Hall–Kier alpha value is -1.50. The molecule has 3 aliphatic carbocycles. The van der Waals surface area contributed by atoms with Crippen molar-refractivity contribution in [2.75, 3.05) is 0 Å². The maximum atomic E-state index is 4.73. The number of hydrogen-bond donors (Lipinski definition) is 0. The zero-order valence-corrected chi connectivity index (χ0v) is 11.4. The molecule has 1 spiro atoms. The lowest BCUT2D eigenvalue weighted by Crippen LogP contribution is -2.13. The first-order chi connectivity index (χ1) is 9.12. The van der Waals surface area contributed by atoms with Gasteiger partial charge in [0.15, 0.2) is 0 Å². The van der Waals surface area contributed by atoms with E-state index in [0.717, 1.165) is 0 Å². The summed E-state index contributed by atoms with van der Waals surface area (Å²) in [4.78, 5) is 4.73. The van der Waals surface area contributed by atoms with Gasteiger partial charge in [-0.25, -0.2) is 0 Å². The minimum absolute atomic E-state index is 0.399. The first-order valence-corrected chi connectivity index (χ1v) is 7.18. The molecule has 3 heteroatoms. The molecule has 1 aromatic heterocycles. The molecule has 2 aromatic rings. The smallest absolute Gasteiger partial charge is 0.116 e. The number of nitrogens with zero attached hydrogens (tertiary/aromatic N) is 1. The summed E-state index contributed by atoms with van der Waals surface area (Å²) in [5, 5.41) is 0.847. The van der Waals surface area contributed by atoms with Gasteiger partial charge in [0.2, 0.25) is 0 Å². The summed E-state index contributed by atoms with van der Waals surface area (Å²) in [5.41, 5.74) is 6.22. The molecule has 0 bridgehead atoms. The fraction of sp³-hybridized carbons (Fsp3) is 0.312. The molecular weight excluding hydrogens is 228 g/mol. The maximum absolute atomic E-state index is 4.73. The van der Waals surface area contributed by atoms with Gasteiger partial charge in [0.1, 0.15) is 15.7 Å². The predicted molar refractivity (Wildman–Crippen MR) is 81.8 cm³/mol. The van der Waals surface area contributed by atoms with E-state index in [1.54, 1.807) is 11.1 Å². The molecule has 0 radical (unpaired) electrons. The van der Waals surface area contributed by atoms with Crippen LogP contribution in [0.3, 0.4) is 0 Å². The van der Waals surface area contributed by atoms with Gasteiger partial charge < -0.3 is 0 Å². The van der Waals surface area contributed by atoms with Crippen molar-refractivity contribution in [1.82, 2.24) is 4.98 Å². The van der Waals surface area contributed by atoms with E-state index in [2.05, 4.69) is 52.1 Å². The Balaban J connectivity index is 1.83. The van der Waals surface area contributed by atoms with Crippen LogP contribution < -0.4 is 0 Å². The number of fused-ring (bicyclic) bond motifs is 3. The minimum atomic E-state index is 0.399.